The molecule has 1 aliphatic carbocycles. The van der Waals surface area contributed by atoms with E-state index in [0.29, 0.717) is 16.6 Å². The first-order valence-electron chi connectivity index (χ1n) is 7.48. The maximum atomic E-state index is 12.6. The number of amides is 1. The van der Waals surface area contributed by atoms with Crippen molar-refractivity contribution >= 4 is 35.1 Å². The molecule has 1 saturated heterocycles. The second-order valence-electron chi connectivity index (χ2n) is 6.17. The van der Waals surface area contributed by atoms with Gasteiger partial charge in [-0.2, -0.15) is 0 Å². The lowest BCUT2D eigenvalue weighted by molar-refractivity contribution is -0.167. The number of ether oxygens (including phenoxy) is 1. The summed E-state index contributed by atoms with van der Waals surface area (Å²) >= 11 is 12.0. The van der Waals surface area contributed by atoms with Gasteiger partial charge in [-0.1, -0.05) is 23.2 Å². The first-order valence-corrected chi connectivity index (χ1v) is 8.23. The van der Waals surface area contributed by atoms with E-state index in [-0.39, 0.29) is 30.4 Å². The summed E-state index contributed by atoms with van der Waals surface area (Å²) in [7, 11) is 0. The molecule has 23 heavy (non-hydrogen) atoms. The van der Waals surface area contributed by atoms with Gasteiger partial charge >= 0.3 is 5.97 Å². The quantitative estimate of drug-likeness (QED) is 0.902. The number of hydrogen-bond acceptors (Lipinski definition) is 3. The van der Waals surface area contributed by atoms with Crippen LogP contribution in [0.5, 0.6) is 0 Å². The molecular formula is C16H17Cl2NO4. The van der Waals surface area contributed by atoms with Gasteiger partial charge in [0.1, 0.15) is 0 Å². The summed E-state index contributed by atoms with van der Waals surface area (Å²) in [6, 6.07) is 5.31. The Hall–Kier alpha value is -1.30. The number of carbonyl (C=O) groups excluding carboxylic acids is 1. The highest BCUT2D eigenvalue weighted by atomic mass is 35.5. The molecule has 0 spiro atoms. The summed E-state index contributed by atoms with van der Waals surface area (Å²) in [6.07, 6.45) is -0.508. The minimum atomic E-state index is -1.04. The number of halogens is 2. The van der Waals surface area contributed by atoms with E-state index >= 15 is 0 Å². The lowest BCUT2D eigenvalue weighted by atomic mass is 10.1. The van der Waals surface area contributed by atoms with Crippen molar-refractivity contribution in [2.45, 2.75) is 31.5 Å². The maximum Gasteiger partial charge on any atom is 0.334 e. The van der Waals surface area contributed by atoms with E-state index < -0.39 is 12.1 Å². The standard InChI is InChI=1S/C16H17Cl2NO4/c1-8-6-19(7-14(23-8)16(21)22)15(20)13-5-12(13)9-2-10(17)4-11(18)3-9/h2-4,8,12-14H,5-7H2,1H3,(H,21,22)/t8-,12?,13?,14?/m1/s1. The van der Waals surface area contributed by atoms with Crippen LogP contribution in [0.3, 0.4) is 0 Å². The van der Waals surface area contributed by atoms with Gasteiger partial charge in [-0.05, 0) is 43.0 Å². The van der Waals surface area contributed by atoms with Gasteiger partial charge in [0, 0.05) is 22.5 Å². The zero-order valence-corrected chi connectivity index (χ0v) is 14.0. The van der Waals surface area contributed by atoms with Crippen LogP contribution in [0.25, 0.3) is 0 Å². The van der Waals surface area contributed by atoms with E-state index in [1.165, 1.54) is 0 Å². The lowest BCUT2D eigenvalue weighted by Crippen LogP contribution is -2.52. The normalized spacial score (nSPS) is 30.1. The predicted molar refractivity (Wildman–Crippen MR) is 85.9 cm³/mol. The van der Waals surface area contributed by atoms with Crippen molar-refractivity contribution in [1.82, 2.24) is 4.90 Å². The largest absolute Gasteiger partial charge is 0.479 e. The molecule has 0 aromatic heterocycles. The Labute approximate surface area is 144 Å². The fourth-order valence-corrected chi connectivity index (χ4v) is 3.67. The summed E-state index contributed by atoms with van der Waals surface area (Å²) in [5.74, 6) is -1.10. The fraction of sp³-hybridized carbons (Fsp3) is 0.500. The smallest absolute Gasteiger partial charge is 0.334 e. The van der Waals surface area contributed by atoms with Crippen molar-refractivity contribution in [2.24, 2.45) is 5.92 Å². The maximum absolute atomic E-state index is 12.6. The molecule has 1 amide bonds. The molecule has 7 heteroatoms. The summed E-state index contributed by atoms with van der Waals surface area (Å²) in [4.78, 5) is 25.4. The number of carboxylic acids is 1. The molecule has 1 aliphatic heterocycles. The summed E-state index contributed by atoms with van der Waals surface area (Å²) in [6.45, 7) is 2.29. The van der Waals surface area contributed by atoms with Gasteiger partial charge in [-0.15, -0.1) is 0 Å². The minimum absolute atomic E-state index is 0.0208. The third kappa shape index (κ3) is 3.62. The summed E-state index contributed by atoms with van der Waals surface area (Å²) < 4.78 is 5.34. The topological polar surface area (TPSA) is 66.8 Å². The third-order valence-corrected chi connectivity index (χ3v) is 4.70. The van der Waals surface area contributed by atoms with Crippen molar-refractivity contribution in [1.29, 1.82) is 0 Å². The molecule has 1 saturated carbocycles. The molecule has 0 bridgehead atoms. The number of rotatable bonds is 3. The molecule has 1 heterocycles. The van der Waals surface area contributed by atoms with Gasteiger partial charge in [0.05, 0.1) is 12.6 Å². The zero-order chi connectivity index (χ0) is 16.7. The van der Waals surface area contributed by atoms with Crippen LogP contribution >= 0.6 is 23.2 Å². The SMILES string of the molecule is C[C@@H]1CN(C(=O)C2CC2c2cc(Cl)cc(Cl)c2)CC(C(=O)O)O1. The van der Waals surface area contributed by atoms with Crippen molar-refractivity contribution < 1.29 is 19.4 Å². The lowest BCUT2D eigenvalue weighted by Gasteiger charge is -2.35. The average Bonchev–Trinajstić information content (AvgIpc) is 3.25. The van der Waals surface area contributed by atoms with Gasteiger partial charge in [0.15, 0.2) is 6.10 Å². The molecule has 1 N–H and O–H groups in total. The highest BCUT2D eigenvalue weighted by molar-refractivity contribution is 6.34. The predicted octanol–water partition coefficient (Wildman–Crippen LogP) is 2.80. The molecule has 1 aromatic carbocycles. The average molecular weight is 358 g/mol. The Morgan fingerprint density at radius 1 is 1.22 bits per heavy atom. The van der Waals surface area contributed by atoms with Crippen LogP contribution in [0.1, 0.15) is 24.8 Å². The van der Waals surface area contributed by atoms with Gasteiger partial charge < -0.3 is 14.7 Å². The number of morpholine rings is 1. The highest BCUT2D eigenvalue weighted by Crippen LogP contribution is 2.49. The van der Waals surface area contributed by atoms with E-state index in [2.05, 4.69) is 0 Å². The number of nitrogens with zero attached hydrogens (tertiary/aromatic N) is 1. The molecule has 124 valence electrons. The van der Waals surface area contributed by atoms with E-state index in [9.17, 15) is 9.59 Å². The van der Waals surface area contributed by atoms with E-state index in [4.69, 9.17) is 33.0 Å². The van der Waals surface area contributed by atoms with Crippen LogP contribution in [-0.4, -0.2) is 47.2 Å². The van der Waals surface area contributed by atoms with Crippen LogP contribution in [0.15, 0.2) is 18.2 Å². The third-order valence-electron chi connectivity index (χ3n) is 4.27. The number of benzene rings is 1. The molecular weight excluding hydrogens is 341 g/mol. The summed E-state index contributed by atoms with van der Waals surface area (Å²) in [5.41, 5.74) is 0.956. The second kappa shape index (κ2) is 6.30. The minimum Gasteiger partial charge on any atom is -0.479 e. The van der Waals surface area contributed by atoms with Crippen molar-refractivity contribution in [2.75, 3.05) is 13.1 Å². The molecule has 2 aliphatic rings. The Balaban J connectivity index is 1.69. The van der Waals surface area contributed by atoms with Gasteiger partial charge in [-0.3, -0.25) is 4.79 Å². The first kappa shape index (κ1) is 16.6. The number of carbonyl (C=O) groups is 2. The number of aliphatic carboxylic acids is 1. The van der Waals surface area contributed by atoms with Gasteiger partial charge in [0.25, 0.3) is 0 Å². The molecule has 0 radical (unpaired) electrons. The first-order chi connectivity index (χ1) is 10.8. The van der Waals surface area contributed by atoms with Crippen LogP contribution < -0.4 is 0 Å². The molecule has 3 rings (SSSR count). The van der Waals surface area contributed by atoms with Crippen LogP contribution in [-0.2, 0) is 14.3 Å². The molecule has 5 nitrogen and oxygen atoms in total. The van der Waals surface area contributed by atoms with Crippen LogP contribution in [0.4, 0.5) is 0 Å². The molecule has 2 fully saturated rings. The van der Waals surface area contributed by atoms with E-state index in [0.717, 1.165) is 12.0 Å². The number of carboxylic acid groups (broad SMARTS) is 1. The Morgan fingerprint density at radius 3 is 2.48 bits per heavy atom. The molecule has 4 atom stereocenters. The van der Waals surface area contributed by atoms with Crippen LogP contribution in [0.2, 0.25) is 10.0 Å². The Kier molecular flexibility index (Phi) is 4.54. The van der Waals surface area contributed by atoms with Crippen molar-refractivity contribution in [3.8, 4) is 0 Å². The highest BCUT2D eigenvalue weighted by Gasteiger charge is 2.47. The number of hydrogen-bond donors (Lipinski definition) is 1. The Bertz CT molecular complexity index is 631. The van der Waals surface area contributed by atoms with E-state index in [1.807, 2.05) is 12.1 Å². The monoisotopic (exact) mass is 357 g/mol. The van der Waals surface area contributed by atoms with Gasteiger partial charge in [-0.25, -0.2) is 4.79 Å². The second-order valence-corrected chi connectivity index (χ2v) is 7.04. The van der Waals surface area contributed by atoms with Gasteiger partial charge in [0.2, 0.25) is 5.91 Å². The molecule has 1 aromatic rings. The Morgan fingerprint density at radius 2 is 1.87 bits per heavy atom. The zero-order valence-electron chi connectivity index (χ0n) is 12.5. The van der Waals surface area contributed by atoms with E-state index in [1.54, 1.807) is 17.9 Å². The van der Waals surface area contributed by atoms with Crippen molar-refractivity contribution in [3.63, 3.8) is 0 Å². The van der Waals surface area contributed by atoms with Crippen LogP contribution in [0, 0.1) is 5.92 Å². The molecule has 3 unspecified atom stereocenters. The fourth-order valence-electron chi connectivity index (χ4n) is 3.13. The van der Waals surface area contributed by atoms with Crippen molar-refractivity contribution in [3.05, 3.63) is 33.8 Å². The summed E-state index contributed by atoms with van der Waals surface area (Å²) in [5, 5.41) is 10.2.